The number of nitrogens with zero attached hydrogens (tertiary/aromatic N) is 2. The van der Waals surface area contributed by atoms with Crippen LogP contribution in [0.2, 0.25) is 0 Å². The summed E-state index contributed by atoms with van der Waals surface area (Å²) < 4.78 is 5.29. The first-order chi connectivity index (χ1) is 9.75. The Hall–Kier alpha value is -2.10. The van der Waals surface area contributed by atoms with E-state index in [2.05, 4.69) is 12.1 Å². The van der Waals surface area contributed by atoms with Crippen LogP contribution in [0.4, 0.5) is 0 Å². The molecule has 0 N–H and O–H groups in total. The molecule has 1 fully saturated rings. The number of piperidine rings is 1. The van der Waals surface area contributed by atoms with Gasteiger partial charge in [0.1, 0.15) is 5.56 Å². The summed E-state index contributed by atoms with van der Waals surface area (Å²) in [5.74, 6) is 1.15. The van der Waals surface area contributed by atoms with Crippen molar-refractivity contribution in [1.82, 2.24) is 10.1 Å². The Balaban J connectivity index is 1.88. The molecule has 20 heavy (non-hydrogen) atoms. The van der Waals surface area contributed by atoms with Crippen molar-refractivity contribution < 1.29 is 9.32 Å². The van der Waals surface area contributed by atoms with Crippen LogP contribution in [0.5, 0.6) is 0 Å². The standard InChI is InChI=1S/C16H18N2O2/c1-12-6-5-9-18(11-12)16(19)14-10-17-20-15(14)13-7-3-2-4-8-13/h2-4,7-8,10,12H,5-6,9,11H2,1H3. The molecule has 104 valence electrons. The van der Waals surface area contributed by atoms with Gasteiger partial charge in [-0.2, -0.15) is 0 Å². The van der Waals surface area contributed by atoms with Gasteiger partial charge in [-0.15, -0.1) is 0 Å². The van der Waals surface area contributed by atoms with Crippen molar-refractivity contribution in [2.45, 2.75) is 19.8 Å². The van der Waals surface area contributed by atoms with Crippen molar-refractivity contribution in [3.05, 3.63) is 42.1 Å². The van der Waals surface area contributed by atoms with Crippen molar-refractivity contribution in [1.29, 1.82) is 0 Å². The number of hydrogen-bond donors (Lipinski definition) is 0. The highest BCUT2D eigenvalue weighted by molar-refractivity contribution is 5.99. The largest absolute Gasteiger partial charge is 0.355 e. The first-order valence-corrected chi connectivity index (χ1v) is 7.05. The zero-order chi connectivity index (χ0) is 13.9. The van der Waals surface area contributed by atoms with Gasteiger partial charge in [0.05, 0.1) is 6.20 Å². The van der Waals surface area contributed by atoms with Gasteiger partial charge in [-0.3, -0.25) is 4.79 Å². The van der Waals surface area contributed by atoms with Crippen LogP contribution in [0.1, 0.15) is 30.1 Å². The zero-order valence-electron chi connectivity index (χ0n) is 11.6. The summed E-state index contributed by atoms with van der Waals surface area (Å²) in [7, 11) is 0. The summed E-state index contributed by atoms with van der Waals surface area (Å²) in [6.07, 6.45) is 3.79. The number of carbonyl (C=O) groups excluding carboxylic acids is 1. The Morgan fingerprint density at radius 3 is 2.90 bits per heavy atom. The van der Waals surface area contributed by atoms with Gasteiger partial charge in [0.2, 0.25) is 0 Å². The van der Waals surface area contributed by atoms with Crippen LogP contribution in [0, 0.1) is 5.92 Å². The molecule has 4 nitrogen and oxygen atoms in total. The molecule has 2 heterocycles. The van der Waals surface area contributed by atoms with Crippen LogP contribution < -0.4 is 0 Å². The van der Waals surface area contributed by atoms with Crippen LogP contribution in [0.15, 0.2) is 41.1 Å². The highest BCUT2D eigenvalue weighted by atomic mass is 16.5. The van der Waals surface area contributed by atoms with E-state index in [9.17, 15) is 4.79 Å². The van der Waals surface area contributed by atoms with Gasteiger partial charge in [-0.05, 0) is 18.8 Å². The molecule has 0 radical (unpaired) electrons. The lowest BCUT2D eigenvalue weighted by molar-refractivity contribution is 0.0683. The monoisotopic (exact) mass is 270 g/mol. The van der Waals surface area contributed by atoms with Crippen LogP contribution in [-0.2, 0) is 0 Å². The summed E-state index contributed by atoms with van der Waals surface area (Å²) >= 11 is 0. The number of aromatic nitrogens is 1. The third-order valence-corrected chi connectivity index (χ3v) is 3.78. The average molecular weight is 270 g/mol. The summed E-state index contributed by atoms with van der Waals surface area (Å²) in [6, 6.07) is 9.64. The van der Waals surface area contributed by atoms with E-state index in [1.807, 2.05) is 35.2 Å². The zero-order valence-corrected chi connectivity index (χ0v) is 11.6. The number of carbonyl (C=O) groups is 1. The minimum atomic E-state index is 0.0247. The molecule has 0 bridgehead atoms. The fourth-order valence-corrected chi connectivity index (χ4v) is 2.73. The minimum Gasteiger partial charge on any atom is -0.355 e. The van der Waals surface area contributed by atoms with Crippen LogP contribution >= 0.6 is 0 Å². The van der Waals surface area contributed by atoms with Crippen LogP contribution in [0.3, 0.4) is 0 Å². The molecule has 3 rings (SSSR count). The van der Waals surface area contributed by atoms with Gasteiger partial charge in [-0.1, -0.05) is 42.4 Å². The predicted octanol–water partition coefficient (Wildman–Crippen LogP) is 3.21. The number of amides is 1. The van der Waals surface area contributed by atoms with Gasteiger partial charge in [0.25, 0.3) is 5.91 Å². The van der Waals surface area contributed by atoms with E-state index in [1.54, 1.807) is 0 Å². The van der Waals surface area contributed by atoms with Crippen molar-refractivity contribution in [3.8, 4) is 11.3 Å². The summed E-state index contributed by atoms with van der Waals surface area (Å²) in [4.78, 5) is 14.5. The maximum Gasteiger partial charge on any atom is 0.259 e. The molecule has 1 unspecified atom stereocenters. The first kappa shape index (κ1) is 12.9. The quantitative estimate of drug-likeness (QED) is 0.841. The SMILES string of the molecule is CC1CCCN(C(=O)c2cnoc2-c2ccccc2)C1. The molecule has 0 aliphatic carbocycles. The Kier molecular flexibility index (Phi) is 3.54. The summed E-state index contributed by atoms with van der Waals surface area (Å²) in [5.41, 5.74) is 1.45. The third kappa shape index (κ3) is 2.46. The number of rotatable bonds is 2. The van der Waals surface area contributed by atoms with Crippen molar-refractivity contribution >= 4 is 5.91 Å². The average Bonchev–Trinajstić information content (AvgIpc) is 2.97. The fourth-order valence-electron chi connectivity index (χ4n) is 2.73. The van der Waals surface area contributed by atoms with E-state index in [4.69, 9.17) is 4.52 Å². The van der Waals surface area contributed by atoms with Gasteiger partial charge in [0, 0.05) is 18.7 Å². The van der Waals surface area contributed by atoms with E-state index in [0.717, 1.165) is 25.1 Å². The normalized spacial score (nSPS) is 19.1. The lowest BCUT2D eigenvalue weighted by Gasteiger charge is -2.30. The smallest absolute Gasteiger partial charge is 0.259 e. The van der Waals surface area contributed by atoms with E-state index in [-0.39, 0.29) is 5.91 Å². The van der Waals surface area contributed by atoms with Crippen molar-refractivity contribution in [2.75, 3.05) is 13.1 Å². The molecule has 1 aromatic heterocycles. The van der Waals surface area contributed by atoms with Crippen LogP contribution in [0.25, 0.3) is 11.3 Å². The molecule has 0 spiro atoms. The van der Waals surface area contributed by atoms with Gasteiger partial charge >= 0.3 is 0 Å². The Labute approximate surface area is 118 Å². The lowest BCUT2D eigenvalue weighted by Crippen LogP contribution is -2.39. The molecule has 1 atom stereocenters. The number of likely N-dealkylation sites (tertiary alicyclic amines) is 1. The second-order valence-corrected chi connectivity index (χ2v) is 5.43. The lowest BCUT2D eigenvalue weighted by atomic mass is 9.99. The maximum absolute atomic E-state index is 12.6. The second-order valence-electron chi connectivity index (χ2n) is 5.43. The highest BCUT2D eigenvalue weighted by Crippen LogP contribution is 2.26. The summed E-state index contributed by atoms with van der Waals surface area (Å²) in [5, 5.41) is 3.81. The Morgan fingerprint density at radius 1 is 1.35 bits per heavy atom. The molecule has 1 saturated heterocycles. The Bertz CT molecular complexity index is 592. The third-order valence-electron chi connectivity index (χ3n) is 3.78. The molecule has 4 heteroatoms. The Morgan fingerprint density at radius 2 is 2.15 bits per heavy atom. The second kappa shape index (κ2) is 5.49. The molecule has 1 aliphatic rings. The number of hydrogen-bond acceptors (Lipinski definition) is 3. The fraction of sp³-hybridized carbons (Fsp3) is 0.375. The van der Waals surface area contributed by atoms with E-state index in [0.29, 0.717) is 17.2 Å². The molecule has 0 saturated carbocycles. The molecule has 1 amide bonds. The number of benzene rings is 1. The van der Waals surface area contributed by atoms with Gasteiger partial charge in [0.15, 0.2) is 5.76 Å². The molecular formula is C16H18N2O2. The predicted molar refractivity (Wildman–Crippen MR) is 76.2 cm³/mol. The van der Waals surface area contributed by atoms with E-state index in [1.165, 1.54) is 12.6 Å². The highest BCUT2D eigenvalue weighted by Gasteiger charge is 2.26. The van der Waals surface area contributed by atoms with Crippen LogP contribution in [-0.4, -0.2) is 29.1 Å². The van der Waals surface area contributed by atoms with Gasteiger partial charge in [-0.25, -0.2) is 0 Å². The topological polar surface area (TPSA) is 46.3 Å². The molecule has 1 aromatic carbocycles. The first-order valence-electron chi connectivity index (χ1n) is 7.05. The summed E-state index contributed by atoms with van der Waals surface area (Å²) in [6.45, 7) is 3.83. The molecular weight excluding hydrogens is 252 g/mol. The molecule has 2 aromatic rings. The van der Waals surface area contributed by atoms with Crippen molar-refractivity contribution in [3.63, 3.8) is 0 Å². The van der Waals surface area contributed by atoms with Crippen molar-refractivity contribution in [2.24, 2.45) is 5.92 Å². The van der Waals surface area contributed by atoms with Gasteiger partial charge < -0.3 is 9.42 Å². The molecule has 1 aliphatic heterocycles. The van der Waals surface area contributed by atoms with E-state index >= 15 is 0 Å². The van der Waals surface area contributed by atoms with E-state index < -0.39 is 0 Å². The minimum absolute atomic E-state index is 0.0247. The maximum atomic E-state index is 12.6.